The second kappa shape index (κ2) is 9.41. The molecule has 1 fully saturated rings. The SMILES string of the molecule is CCCCCCCCC(=O)OC1CN(C)C[N+]1([O-])c1nnc(C(C)(C)C)s1. The van der Waals surface area contributed by atoms with Crippen LogP contribution in [0.3, 0.4) is 0 Å². The molecular formula is C19H34N4O3S. The van der Waals surface area contributed by atoms with E-state index in [4.69, 9.17) is 4.74 Å². The molecule has 2 atom stereocenters. The quantitative estimate of drug-likeness (QED) is 0.269. The molecule has 0 saturated carbocycles. The Balaban J connectivity index is 1.94. The van der Waals surface area contributed by atoms with Crippen molar-refractivity contribution >= 4 is 22.4 Å². The third-order valence-corrected chi connectivity index (χ3v) is 6.23. The van der Waals surface area contributed by atoms with Gasteiger partial charge in [0.05, 0.1) is 6.54 Å². The molecule has 154 valence electrons. The molecule has 1 aliphatic rings. The van der Waals surface area contributed by atoms with E-state index in [1.165, 1.54) is 30.6 Å². The first-order chi connectivity index (χ1) is 12.7. The number of quaternary nitrogens is 1. The Morgan fingerprint density at radius 1 is 1.26 bits per heavy atom. The molecule has 1 saturated heterocycles. The maximum absolute atomic E-state index is 13.5. The zero-order valence-electron chi connectivity index (χ0n) is 17.4. The molecule has 2 unspecified atom stereocenters. The highest BCUT2D eigenvalue weighted by Gasteiger charge is 2.45. The van der Waals surface area contributed by atoms with Crippen LogP contribution in [0, 0.1) is 5.21 Å². The Kier molecular flexibility index (Phi) is 7.73. The summed E-state index contributed by atoms with van der Waals surface area (Å²) in [6.07, 6.45) is 6.26. The fourth-order valence-electron chi connectivity index (χ4n) is 3.14. The normalized spacial score (nSPS) is 23.7. The van der Waals surface area contributed by atoms with Gasteiger partial charge in [-0.1, -0.05) is 64.9 Å². The topological polar surface area (TPSA) is 78.4 Å². The second-order valence-electron chi connectivity index (χ2n) is 8.58. The minimum absolute atomic E-state index is 0.162. The number of likely N-dealkylation sites (N-methyl/N-ethyl adjacent to an activating group) is 1. The van der Waals surface area contributed by atoms with Crippen molar-refractivity contribution < 1.29 is 9.53 Å². The van der Waals surface area contributed by atoms with Crippen LogP contribution in [0.4, 0.5) is 5.13 Å². The summed E-state index contributed by atoms with van der Waals surface area (Å²) < 4.78 is 4.83. The van der Waals surface area contributed by atoms with Gasteiger partial charge in [-0.3, -0.25) is 9.44 Å². The van der Waals surface area contributed by atoms with Crippen molar-refractivity contribution in [1.29, 1.82) is 0 Å². The van der Waals surface area contributed by atoms with Crippen LogP contribution < -0.4 is 4.65 Å². The zero-order valence-corrected chi connectivity index (χ0v) is 18.2. The minimum atomic E-state index is -0.775. The van der Waals surface area contributed by atoms with Gasteiger partial charge in [-0.05, 0) is 24.8 Å². The average molecular weight is 399 g/mol. The molecule has 27 heavy (non-hydrogen) atoms. The van der Waals surface area contributed by atoms with Crippen molar-refractivity contribution in [3.8, 4) is 0 Å². The van der Waals surface area contributed by atoms with E-state index in [1.54, 1.807) is 0 Å². The Labute approximate surface area is 166 Å². The molecule has 0 radical (unpaired) electrons. The van der Waals surface area contributed by atoms with Crippen molar-refractivity contribution in [2.24, 2.45) is 0 Å². The van der Waals surface area contributed by atoms with Gasteiger partial charge in [-0.2, -0.15) is 0 Å². The van der Waals surface area contributed by atoms with E-state index < -0.39 is 10.9 Å². The maximum atomic E-state index is 13.5. The summed E-state index contributed by atoms with van der Waals surface area (Å²) in [7, 11) is 1.86. The summed E-state index contributed by atoms with van der Waals surface area (Å²) in [5.41, 5.74) is -0.162. The highest BCUT2D eigenvalue weighted by Crippen LogP contribution is 2.37. The lowest BCUT2D eigenvalue weighted by Crippen LogP contribution is -2.50. The maximum Gasteiger partial charge on any atom is 0.310 e. The summed E-state index contributed by atoms with van der Waals surface area (Å²) in [4.78, 5) is 14.1. The van der Waals surface area contributed by atoms with Crippen LogP contribution >= 0.6 is 11.3 Å². The van der Waals surface area contributed by atoms with Crippen molar-refractivity contribution in [3.63, 3.8) is 0 Å². The first kappa shape index (κ1) is 22.2. The van der Waals surface area contributed by atoms with E-state index in [0.717, 1.165) is 24.3 Å². The monoisotopic (exact) mass is 398 g/mol. The summed E-state index contributed by atoms with van der Waals surface area (Å²) >= 11 is 1.32. The van der Waals surface area contributed by atoms with Gasteiger partial charge in [0, 0.05) is 11.8 Å². The third kappa shape index (κ3) is 5.94. The fraction of sp³-hybridized carbons (Fsp3) is 0.842. The Morgan fingerprint density at radius 2 is 1.93 bits per heavy atom. The van der Waals surface area contributed by atoms with Crippen LogP contribution in [0.5, 0.6) is 0 Å². The number of hydroxylamine groups is 2. The number of rotatable bonds is 9. The molecule has 1 aliphatic heterocycles. The number of hydrogen-bond acceptors (Lipinski definition) is 7. The lowest BCUT2D eigenvalue weighted by molar-refractivity contribution is -0.153. The van der Waals surface area contributed by atoms with Gasteiger partial charge in [0.1, 0.15) is 11.7 Å². The van der Waals surface area contributed by atoms with Gasteiger partial charge in [0.2, 0.25) is 0 Å². The van der Waals surface area contributed by atoms with Gasteiger partial charge in [0.25, 0.3) is 6.23 Å². The summed E-state index contributed by atoms with van der Waals surface area (Å²) in [5.74, 6) is -0.287. The average Bonchev–Trinajstić information content (AvgIpc) is 3.17. The van der Waals surface area contributed by atoms with Crippen LogP contribution in [0.1, 0.15) is 77.6 Å². The zero-order chi connectivity index (χ0) is 20.1. The molecular weight excluding hydrogens is 364 g/mol. The fourth-order valence-corrected chi connectivity index (χ4v) is 4.12. The van der Waals surface area contributed by atoms with Crippen molar-refractivity contribution in [3.05, 3.63) is 10.2 Å². The van der Waals surface area contributed by atoms with Crippen molar-refractivity contribution in [1.82, 2.24) is 19.7 Å². The van der Waals surface area contributed by atoms with Crippen LogP contribution in [-0.2, 0) is 14.9 Å². The van der Waals surface area contributed by atoms with Gasteiger partial charge in [-0.15, -0.1) is 5.10 Å². The van der Waals surface area contributed by atoms with E-state index >= 15 is 0 Å². The molecule has 2 heterocycles. The van der Waals surface area contributed by atoms with Crippen LogP contribution in [0.15, 0.2) is 0 Å². The molecule has 0 aromatic carbocycles. The van der Waals surface area contributed by atoms with Crippen molar-refractivity contribution in [2.45, 2.75) is 84.3 Å². The lowest BCUT2D eigenvalue weighted by atomic mass is 9.98. The number of esters is 1. The number of aromatic nitrogens is 2. The number of hydrogen-bond donors (Lipinski definition) is 0. The number of carbonyl (C=O) groups excluding carboxylic acids is 1. The van der Waals surface area contributed by atoms with Gasteiger partial charge < -0.3 is 9.94 Å². The Hall–Kier alpha value is -1.09. The molecule has 2 rings (SSSR count). The minimum Gasteiger partial charge on any atom is -0.622 e. The molecule has 7 nitrogen and oxygen atoms in total. The first-order valence-corrected chi connectivity index (χ1v) is 10.8. The molecule has 0 bridgehead atoms. The van der Waals surface area contributed by atoms with Crippen LogP contribution in [0.2, 0.25) is 0 Å². The predicted octanol–water partition coefficient (Wildman–Crippen LogP) is 4.16. The number of nitrogens with zero attached hydrogens (tertiary/aromatic N) is 4. The van der Waals surface area contributed by atoms with E-state index in [-0.39, 0.29) is 18.1 Å². The Morgan fingerprint density at radius 3 is 2.56 bits per heavy atom. The predicted molar refractivity (Wildman–Crippen MR) is 109 cm³/mol. The van der Waals surface area contributed by atoms with E-state index in [1.807, 2.05) is 32.7 Å². The standard InChI is InChI=1S/C19H34N4O3S/c1-6-7-8-9-10-11-12-16(24)26-15-13-22(5)14-23(15,25)18-21-20-17(27-18)19(2,3)4/h15H,6-14H2,1-5H3. The molecule has 0 spiro atoms. The Bertz CT molecular complexity index is 616. The summed E-state index contributed by atoms with van der Waals surface area (Å²) in [6.45, 7) is 8.94. The summed E-state index contributed by atoms with van der Waals surface area (Å²) in [5, 5.41) is 23.0. The third-order valence-electron chi connectivity index (χ3n) is 4.77. The number of ether oxygens (including phenoxy) is 1. The van der Waals surface area contributed by atoms with Crippen LogP contribution in [-0.4, -0.2) is 47.6 Å². The second-order valence-corrected chi connectivity index (χ2v) is 9.53. The largest absolute Gasteiger partial charge is 0.622 e. The van der Waals surface area contributed by atoms with Crippen LogP contribution in [0.25, 0.3) is 0 Å². The molecule has 0 aliphatic carbocycles. The molecule has 1 aromatic rings. The lowest BCUT2D eigenvalue weighted by Gasteiger charge is -2.38. The number of carbonyl (C=O) groups is 1. The van der Waals surface area contributed by atoms with Gasteiger partial charge in [0.15, 0.2) is 0 Å². The van der Waals surface area contributed by atoms with Gasteiger partial charge >= 0.3 is 11.1 Å². The summed E-state index contributed by atoms with van der Waals surface area (Å²) in [6, 6.07) is 0. The van der Waals surface area contributed by atoms with Crippen molar-refractivity contribution in [2.75, 3.05) is 20.3 Å². The molecule has 1 aromatic heterocycles. The van der Waals surface area contributed by atoms with E-state index in [0.29, 0.717) is 18.1 Å². The molecule has 0 N–H and O–H groups in total. The number of unbranched alkanes of at least 4 members (excludes halogenated alkanes) is 5. The molecule has 0 amide bonds. The smallest absolute Gasteiger partial charge is 0.310 e. The van der Waals surface area contributed by atoms with Gasteiger partial charge in [-0.25, -0.2) is 4.90 Å². The highest BCUT2D eigenvalue weighted by atomic mass is 32.1. The first-order valence-electron chi connectivity index (χ1n) is 9.98. The highest BCUT2D eigenvalue weighted by molar-refractivity contribution is 7.15. The van der Waals surface area contributed by atoms with E-state index in [2.05, 4.69) is 17.1 Å². The van der Waals surface area contributed by atoms with E-state index in [9.17, 15) is 10.0 Å². The molecule has 8 heteroatoms.